The molecule has 0 amide bonds. The Labute approximate surface area is 102 Å². The number of hydrogen-bond donors (Lipinski definition) is 2. The maximum atomic E-state index is 5.53. The fourth-order valence-electron chi connectivity index (χ4n) is 2.05. The van der Waals surface area contributed by atoms with E-state index in [0.29, 0.717) is 5.92 Å². The predicted molar refractivity (Wildman–Crippen MR) is 72.0 cm³/mol. The number of benzene rings is 1. The maximum absolute atomic E-state index is 5.53. The first-order valence-electron chi connectivity index (χ1n) is 6.36. The molecule has 2 rings (SSSR count). The molecular weight excluding hydrogens is 210 g/mol. The Hall–Kier alpha value is -1.35. The summed E-state index contributed by atoms with van der Waals surface area (Å²) in [5, 5.41) is 0. The van der Waals surface area contributed by atoms with Crippen LogP contribution in [-0.4, -0.2) is 16.5 Å². The Kier molecular flexibility index (Phi) is 3.79. The highest BCUT2D eigenvalue weighted by atomic mass is 14.9. The summed E-state index contributed by atoms with van der Waals surface area (Å²) in [6.45, 7) is 5.17. The van der Waals surface area contributed by atoms with Crippen molar-refractivity contribution in [1.29, 1.82) is 0 Å². The first-order valence-corrected chi connectivity index (χ1v) is 6.36. The van der Waals surface area contributed by atoms with Crippen LogP contribution in [0.5, 0.6) is 0 Å². The average molecular weight is 231 g/mol. The SMILES string of the molecule is CC(C)Cc1nc2ccc(CCCN)cc2[nH]1. The number of nitrogens with two attached hydrogens (primary N) is 1. The third kappa shape index (κ3) is 3.07. The van der Waals surface area contributed by atoms with Gasteiger partial charge < -0.3 is 10.7 Å². The molecule has 3 nitrogen and oxygen atoms in total. The van der Waals surface area contributed by atoms with Crippen molar-refractivity contribution < 1.29 is 0 Å². The van der Waals surface area contributed by atoms with Crippen LogP contribution >= 0.6 is 0 Å². The zero-order valence-corrected chi connectivity index (χ0v) is 10.7. The largest absolute Gasteiger partial charge is 0.342 e. The zero-order valence-electron chi connectivity index (χ0n) is 10.7. The van der Waals surface area contributed by atoms with Crippen molar-refractivity contribution in [2.75, 3.05) is 6.54 Å². The molecule has 0 radical (unpaired) electrons. The number of nitrogens with one attached hydrogen (secondary N) is 1. The Morgan fingerprint density at radius 1 is 1.35 bits per heavy atom. The number of fused-ring (bicyclic) bond motifs is 1. The van der Waals surface area contributed by atoms with Gasteiger partial charge in [0.1, 0.15) is 5.82 Å². The summed E-state index contributed by atoms with van der Waals surface area (Å²) in [7, 11) is 0. The Balaban J connectivity index is 2.21. The summed E-state index contributed by atoms with van der Waals surface area (Å²) >= 11 is 0. The summed E-state index contributed by atoms with van der Waals surface area (Å²) in [6.07, 6.45) is 3.09. The van der Waals surface area contributed by atoms with Gasteiger partial charge in [-0.2, -0.15) is 0 Å². The second kappa shape index (κ2) is 5.32. The fraction of sp³-hybridized carbons (Fsp3) is 0.500. The molecule has 0 aliphatic rings. The molecule has 92 valence electrons. The smallest absolute Gasteiger partial charge is 0.107 e. The molecule has 1 aromatic heterocycles. The number of H-pyrrole nitrogens is 1. The van der Waals surface area contributed by atoms with Crippen molar-refractivity contribution >= 4 is 11.0 Å². The van der Waals surface area contributed by atoms with Gasteiger partial charge >= 0.3 is 0 Å². The van der Waals surface area contributed by atoms with Crippen LogP contribution < -0.4 is 5.73 Å². The van der Waals surface area contributed by atoms with Crippen LogP contribution in [-0.2, 0) is 12.8 Å². The summed E-state index contributed by atoms with van der Waals surface area (Å²) < 4.78 is 0. The molecule has 0 aliphatic heterocycles. The number of nitrogens with zero attached hydrogens (tertiary/aromatic N) is 1. The lowest BCUT2D eigenvalue weighted by molar-refractivity contribution is 0.627. The van der Waals surface area contributed by atoms with Crippen molar-refractivity contribution in [3.8, 4) is 0 Å². The van der Waals surface area contributed by atoms with Crippen LogP contribution in [0.15, 0.2) is 18.2 Å². The zero-order chi connectivity index (χ0) is 12.3. The molecule has 0 bridgehead atoms. The predicted octanol–water partition coefficient (Wildman–Crippen LogP) is 2.65. The number of aryl methyl sites for hydroxylation is 1. The van der Waals surface area contributed by atoms with Gasteiger partial charge in [0.2, 0.25) is 0 Å². The third-order valence-corrected chi connectivity index (χ3v) is 2.87. The van der Waals surface area contributed by atoms with Crippen molar-refractivity contribution in [3.05, 3.63) is 29.6 Å². The molecule has 3 heteroatoms. The van der Waals surface area contributed by atoms with Gasteiger partial charge in [-0.15, -0.1) is 0 Å². The van der Waals surface area contributed by atoms with E-state index >= 15 is 0 Å². The van der Waals surface area contributed by atoms with E-state index < -0.39 is 0 Å². The summed E-state index contributed by atoms with van der Waals surface area (Å²) in [5.74, 6) is 1.72. The van der Waals surface area contributed by atoms with Crippen LogP contribution in [0.2, 0.25) is 0 Å². The van der Waals surface area contributed by atoms with E-state index in [2.05, 4.69) is 42.0 Å². The van der Waals surface area contributed by atoms with Crippen LogP contribution in [0.25, 0.3) is 11.0 Å². The molecule has 0 saturated carbocycles. The number of rotatable bonds is 5. The standard InChI is InChI=1S/C14H21N3/c1-10(2)8-14-16-12-6-5-11(4-3-7-15)9-13(12)17-14/h5-6,9-10H,3-4,7-8,15H2,1-2H3,(H,16,17). The van der Waals surface area contributed by atoms with Crippen LogP contribution in [0.1, 0.15) is 31.7 Å². The molecule has 0 aliphatic carbocycles. The summed E-state index contributed by atoms with van der Waals surface area (Å²) in [4.78, 5) is 8.00. The Morgan fingerprint density at radius 3 is 2.88 bits per heavy atom. The number of aromatic amines is 1. The van der Waals surface area contributed by atoms with Crippen LogP contribution in [0.3, 0.4) is 0 Å². The van der Waals surface area contributed by atoms with Gasteiger partial charge in [0, 0.05) is 6.42 Å². The highest BCUT2D eigenvalue weighted by Gasteiger charge is 2.05. The Morgan fingerprint density at radius 2 is 2.18 bits per heavy atom. The Bertz CT molecular complexity index is 485. The van der Waals surface area contributed by atoms with Gasteiger partial charge in [0.05, 0.1) is 11.0 Å². The number of imidazole rings is 1. The molecule has 0 unspecified atom stereocenters. The van der Waals surface area contributed by atoms with Gasteiger partial charge in [0.25, 0.3) is 0 Å². The maximum Gasteiger partial charge on any atom is 0.107 e. The molecule has 17 heavy (non-hydrogen) atoms. The molecular formula is C14H21N3. The van der Waals surface area contributed by atoms with Gasteiger partial charge in [-0.1, -0.05) is 19.9 Å². The second-order valence-corrected chi connectivity index (χ2v) is 5.03. The van der Waals surface area contributed by atoms with E-state index in [0.717, 1.165) is 42.7 Å². The van der Waals surface area contributed by atoms with Crippen molar-refractivity contribution in [2.24, 2.45) is 11.7 Å². The molecule has 0 spiro atoms. The molecule has 1 heterocycles. The van der Waals surface area contributed by atoms with Crippen molar-refractivity contribution in [1.82, 2.24) is 9.97 Å². The highest BCUT2D eigenvalue weighted by molar-refractivity contribution is 5.75. The van der Waals surface area contributed by atoms with Gasteiger partial charge in [-0.25, -0.2) is 4.98 Å². The lowest BCUT2D eigenvalue weighted by atomic mass is 10.1. The minimum atomic E-state index is 0.632. The van der Waals surface area contributed by atoms with E-state index in [1.54, 1.807) is 0 Å². The average Bonchev–Trinajstić information content (AvgIpc) is 2.66. The molecule has 0 fully saturated rings. The second-order valence-electron chi connectivity index (χ2n) is 5.03. The first kappa shape index (κ1) is 12.1. The first-order chi connectivity index (χ1) is 8.19. The normalized spacial score (nSPS) is 11.5. The number of hydrogen-bond acceptors (Lipinski definition) is 2. The minimum Gasteiger partial charge on any atom is -0.342 e. The van der Waals surface area contributed by atoms with E-state index in [1.165, 1.54) is 5.56 Å². The van der Waals surface area contributed by atoms with E-state index in [-0.39, 0.29) is 0 Å². The van der Waals surface area contributed by atoms with E-state index in [4.69, 9.17) is 5.73 Å². The van der Waals surface area contributed by atoms with Crippen LogP contribution in [0, 0.1) is 5.92 Å². The molecule has 0 saturated heterocycles. The molecule has 3 N–H and O–H groups in total. The minimum absolute atomic E-state index is 0.632. The summed E-state index contributed by atoms with van der Waals surface area (Å²) in [6, 6.07) is 6.45. The van der Waals surface area contributed by atoms with Gasteiger partial charge in [-0.05, 0) is 43.0 Å². The number of aromatic nitrogens is 2. The van der Waals surface area contributed by atoms with Gasteiger partial charge in [0.15, 0.2) is 0 Å². The quantitative estimate of drug-likeness (QED) is 0.831. The van der Waals surface area contributed by atoms with Gasteiger partial charge in [-0.3, -0.25) is 0 Å². The van der Waals surface area contributed by atoms with E-state index in [9.17, 15) is 0 Å². The molecule has 1 aromatic carbocycles. The van der Waals surface area contributed by atoms with Crippen molar-refractivity contribution in [2.45, 2.75) is 33.1 Å². The van der Waals surface area contributed by atoms with Crippen molar-refractivity contribution in [3.63, 3.8) is 0 Å². The molecule has 0 atom stereocenters. The summed E-state index contributed by atoms with van der Waals surface area (Å²) in [5.41, 5.74) is 9.08. The third-order valence-electron chi connectivity index (χ3n) is 2.87. The monoisotopic (exact) mass is 231 g/mol. The van der Waals surface area contributed by atoms with Crippen LogP contribution in [0.4, 0.5) is 0 Å². The lowest BCUT2D eigenvalue weighted by Crippen LogP contribution is -2.00. The lowest BCUT2D eigenvalue weighted by Gasteiger charge is -1.99. The topological polar surface area (TPSA) is 54.7 Å². The molecule has 2 aromatic rings. The fourth-order valence-corrected chi connectivity index (χ4v) is 2.05. The van der Waals surface area contributed by atoms with E-state index in [1.807, 2.05) is 0 Å². The highest BCUT2D eigenvalue weighted by Crippen LogP contribution is 2.16.